The van der Waals surface area contributed by atoms with Crippen LogP contribution in [0.4, 0.5) is 10.5 Å². The van der Waals surface area contributed by atoms with Crippen molar-refractivity contribution >= 4 is 17.7 Å². The molecule has 0 saturated heterocycles. The zero-order chi connectivity index (χ0) is 13.4. The van der Waals surface area contributed by atoms with E-state index in [0.29, 0.717) is 25.1 Å². The number of rotatable bonds is 6. The van der Waals surface area contributed by atoms with Crippen molar-refractivity contribution in [2.24, 2.45) is 0 Å². The van der Waals surface area contributed by atoms with Gasteiger partial charge >= 0.3 is 12.0 Å². The third-order valence-corrected chi connectivity index (χ3v) is 2.43. The number of carbonyl (C=O) groups excluding carboxylic acids is 1. The Kier molecular flexibility index (Phi) is 5.63. The Labute approximate surface area is 106 Å². The first-order valence-corrected chi connectivity index (χ1v) is 5.74. The van der Waals surface area contributed by atoms with Crippen molar-refractivity contribution in [3.05, 3.63) is 24.5 Å². The van der Waals surface area contributed by atoms with Crippen LogP contribution in [0.5, 0.6) is 0 Å². The van der Waals surface area contributed by atoms with Gasteiger partial charge in [-0.05, 0) is 25.0 Å². The minimum absolute atomic E-state index is 0.133. The Hall–Kier alpha value is -2.11. The summed E-state index contributed by atoms with van der Waals surface area (Å²) >= 11 is 0. The highest BCUT2D eigenvalue weighted by molar-refractivity contribution is 5.91. The normalized spacial score (nSPS) is 9.83. The molecule has 98 valence electrons. The van der Waals surface area contributed by atoms with Gasteiger partial charge in [0.15, 0.2) is 0 Å². The lowest BCUT2D eigenvalue weighted by Crippen LogP contribution is -2.37. The predicted molar refractivity (Wildman–Crippen MR) is 67.5 cm³/mol. The smallest absolute Gasteiger partial charge is 0.321 e. The van der Waals surface area contributed by atoms with E-state index in [2.05, 4.69) is 10.3 Å². The number of nitrogens with zero attached hydrogens (tertiary/aromatic N) is 2. The monoisotopic (exact) mass is 251 g/mol. The van der Waals surface area contributed by atoms with Crippen molar-refractivity contribution in [2.45, 2.75) is 19.3 Å². The van der Waals surface area contributed by atoms with Gasteiger partial charge in [0.2, 0.25) is 0 Å². The van der Waals surface area contributed by atoms with Gasteiger partial charge in [-0.1, -0.05) is 0 Å². The van der Waals surface area contributed by atoms with Crippen LogP contribution in [0.25, 0.3) is 0 Å². The summed E-state index contributed by atoms with van der Waals surface area (Å²) in [5.41, 5.74) is 0.709. The van der Waals surface area contributed by atoms with E-state index in [0.717, 1.165) is 0 Å². The molecule has 0 saturated carbocycles. The molecule has 6 nitrogen and oxygen atoms in total. The lowest BCUT2D eigenvalue weighted by Gasteiger charge is -2.17. The van der Waals surface area contributed by atoms with Gasteiger partial charge in [-0.3, -0.25) is 14.7 Å². The molecule has 2 amide bonds. The molecular formula is C12H17N3O3. The molecule has 0 atom stereocenters. The maximum atomic E-state index is 11.7. The SMILES string of the molecule is CN(C(=O)NCCCCC(=O)O)c1cccnc1. The largest absolute Gasteiger partial charge is 0.481 e. The number of anilines is 1. The van der Waals surface area contributed by atoms with Gasteiger partial charge in [0, 0.05) is 26.2 Å². The molecule has 0 unspecified atom stereocenters. The lowest BCUT2D eigenvalue weighted by molar-refractivity contribution is -0.137. The number of hydrogen-bond donors (Lipinski definition) is 2. The van der Waals surface area contributed by atoms with Crippen molar-refractivity contribution in [2.75, 3.05) is 18.5 Å². The van der Waals surface area contributed by atoms with Crippen molar-refractivity contribution in [3.8, 4) is 0 Å². The van der Waals surface area contributed by atoms with Gasteiger partial charge in [0.05, 0.1) is 11.9 Å². The van der Waals surface area contributed by atoms with E-state index in [1.165, 1.54) is 4.90 Å². The van der Waals surface area contributed by atoms with Gasteiger partial charge in [-0.15, -0.1) is 0 Å². The number of amides is 2. The van der Waals surface area contributed by atoms with Gasteiger partial charge in [-0.25, -0.2) is 4.79 Å². The second-order valence-corrected chi connectivity index (χ2v) is 3.85. The van der Waals surface area contributed by atoms with Crippen LogP contribution in [0.1, 0.15) is 19.3 Å². The molecule has 6 heteroatoms. The molecule has 0 aliphatic carbocycles. The Morgan fingerprint density at radius 2 is 2.22 bits per heavy atom. The van der Waals surface area contributed by atoms with Crippen LogP contribution in [0.3, 0.4) is 0 Å². The van der Waals surface area contributed by atoms with Crippen LogP contribution >= 0.6 is 0 Å². The van der Waals surface area contributed by atoms with Gasteiger partial charge in [0.1, 0.15) is 0 Å². The van der Waals surface area contributed by atoms with E-state index in [1.807, 2.05) is 0 Å². The molecule has 0 radical (unpaired) electrons. The second kappa shape index (κ2) is 7.26. The Morgan fingerprint density at radius 3 is 2.83 bits per heavy atom. The number of pyridine rings is 1. The molecule has 2 N–H and O–H groups in total. The molecule has 1 rings (SSSR count). The number of unbranched alkanes of at least 4 members (excludes halogenated alkanes) is 1. The highest BCUT2D eigenvalue weighted by Crippen LogP contribution is 2.08. The number of nitrogens with one attached hydrogen (secondary N) is 1. The fourth-order valence-electron chi connectivity index (χ4n) is 1.38. The molecule has 0 aliphatic heterocycles. The van der Waals surface area contributed by atoms with E-state index in [-0.39, 0.29) is 12.5 Å². The van der Waals surface area contributed by atoms with E-state index in [9.17, 15) is 9.59 Å². The number of hydrogen-bond acceptors (Lipinski definition) is 3. The fraction of sp³-hybridized carbons (Fsp3) is 0.417. The molecule has 0 spiro atoms. The number of urea groups is 1. The van der Waals surface area contributed by atoms with Crippen molar-refractivity contribution in [1.29, 1.82) is 0 Å². The fourth-order valence-corrected chi connectivity index (χ4v) is 1.38. The number of carbonyl (C=O) groups is 2. The third kappa shape index (κ3) is 4.82. The van der Waals surface area contributed by atoms with Gasteiger partial charge < -0.3 is 10.4 Å². The van der Waals surface area contributed by atoms with E-state index >= 15 is 0 Å². The highest BCUT2D eigenvalue weighted by Gasteiger charge is 2.09. The molecule has 1 aromatic rings. The summed E-state index contributed by atoms with van der Waals surface area (Å²) in [5.74, 6) is -0.811. The number of aromatic nitrogens is 1. The number of carboxylic acid groups (broad SMARTS) is 1. The first kappa shape index (κ1) is 14.0. The molecule has 0 aromatic carbocycles. The van der Waals surface area contributed by atoms with Crippen molar-refractivity contribution < 1.29 is 14.7 Å². The number of aliphatic carboxylic acids is 1. The summed E-state index contributed by atoms with van der Waals surface area (Å²) in [5, 5.41) is 11.2. The molecule has 18 heavy (non-hydrogen) atoms. The molecule has 0 bridgehead atoms. The summed E-state index contributed by atoms with van der Waals surface area (Å²) in [6.45, 7) is 0.469. The minimum Gasteiger partial charge on any atom is -0.481 e. The van der Waals surface area contributed by atoms with Crippen LogP contribution in [0.15, 0.2) is 24.5 Å². The van der Waals surface area contributed by atoms with E-state index in [1.54, 1.807) is 31.6 Å². The Bertz CT molecular complexity index is 395. The summed E-state index contributed by atoms with van der Waals surface area (Å²) in [6.07, 6.45) is 4.59. The zero-order valence-corrected chi connectivity index (χ0v) is 10.3. The maximum absolute atomic E-state index is 11.7. The quantitative estimate of drug-likeness (QED) is 0.750. The molecule has 0 aliphatic rings. The lowest BCUT2D eigenvalue weighted by atomic mass is 10.2. The molecule has 1 heterocycles. The van der Waals surface area contributed by atoms with Crippen molar-refractivity contribution in [1.82, 2.24) is 10.3 Å². The second-order valence-electron chi connectivity index (χ2n) is 3.85. The topological polar surface area (TPSA) is 82.5 Å². The van der Waals surface area contributed by atoms with Crippen LogP contribution in [-0.4, -0.2) is 35.7 Å². The van der Waals surface area contributed by atoms with Gasteiger partial charge in [0.25, 0.3) is 0 Å². The average molecular weight is 251 g/mol. The van der Waals surface area contributed by atoms with E-state index < -0.39 is 5.97 Å². The van der Waals surface area contributed by atoms with Crippen LogP contribution in [0.2, 0.25) is 0 Å². The Morgan fingerprint density at radius 1 is 1.44 bits per heavy atom. The Balaban J connectivity index is 2.26. The van der Waals surface area contributed by atoms with Crippen LogP contribution in [0, 0.1) is 0 Å². The zero-order valence-electron chi connectivity index (χ0n) is 10.3. The molecule has 0 fully saturated rings. The number of carboxylic acids is 1. The van der Waals surface area contributed by atoms with Gasteiger partial charge in [-0.2, -0.15) is 0 Å². The summed E-state index contributed by atoms with van der Waals surface area (Å²) in [7, 11) is 1.66. The molecular weight excluding hydrogens is 234 g/mol. The summed E-state index contributed by atoms with van der Waals surface area (Å²) < 4.78 is 0. The maximum Gasteiger partial charge on any atom is 0.321 e. The standard InChI is InChI=1S/C12H17N3O3/c1-15(10-5-4-7-13-9-10)12(18)14-8-3-2-6-11(16)17/h4-5,7,9H,2-3,6,8H2,1H3,(H,14,18)(H,16,17). The first-order chi connectivity index (χ1) is 8.61. The van der Waals surface area contributed by atoms with Crippen LogP contribution < -0.4 is 10.2 Å². The first-order valence-electron chi connectivity index (χ1n) is 5.74. The van der Waals surface area contributed by atoms with Crippen LogP contribution in [-0.2, 0) is 4.79 Å². The molecule has 1 aromatic heterocycles. The highest BCUT2D eigenvalue weighted by atomic mass is 16.4. The predicted octanol–water partition coefficient (Wildman–Crippen LogP) is 1.48. The average Bonchev–Trinajstić information content (AvgIpc) is 2.38. The van der Waals surface area contributed by atoms with E-state index in [4.69, 9.17) is 5.11 Å². The third-order valence-electron chi connectivity index (χ3n) is 2.43. The minimum atomic E-state index is -0.811. The summed E-state index contributed by atoms with van der Waals surface area (Å²) in [6, 6.07) is 3.32. The van der Waals surface area contributed by atoms with Crippen molar-refractivity contribution in [3.63, 3.8) is 0 Å². The summed E-state index contributed by atoms with van der Waals surface area (Å²) in [4.78, 5) is 27.4.